The van der Waals surface area contributed by atoms with E-state index in [9.17, 15) is 4.79 Å². The summed E-state index contributed by atoms with van der Waals surface area (Å²) in [7, 11) is 0. The van der Waals surface area contributed by atoms with E-state index in [1.165, 1.54) is 12.8 Å². The van der Waals surface area contributed by atoms with E-state index in [1.54, 1.807) is 0 Å². The van der Waals surface area contributed by atoms with Gasteiger partial charge in [0.15, 0.2) is 11.5 Å². The average molecular weight is 470 g/mol. The second-order valence-corrected chi connectivity index (χ2v) is 9.74. The topological polar surface area (TPSA) is 54.0 Å². The van der Waals surface area contributed by atoms with Gasteiger partial charge in [-0.25, -0.2) is 0 Å². The van der Waals surface area contributed by atoms with Gasteiger partial charge in [-0.1, -0.05) is 17.7 Å². The quantitative estimate of drug-likeness (QED) is 0.669. The van der Waals surface area contributed by atoms with Crippen molar-refractivity contribution in [3.8, 4) is 11.5 Å². The number of hydrogen-bond acceptors (Lipinski definition) is 5. The van der Waals surface area contributed by atoms with Crippen LogP contribution < -0.4 is 19.7 Å². The third kappa shape index (κ3) is 5.56. The molecule has 1 N–H and O–H groups in total. The maximum Gasteiger partial charge on any atom is 0.225 e. The minimum absolute atomic E-state index is 0.00187. The Hall–Kier alpha value is -2.44. The van der Waals surface area contributed by atoms with Gasteiger partial charge in [0.05, 0.1) is 5.92 Å². The molecule has 0 aromatic heterocycles. The number of likely N-dealkylation sites (tertiary alicyclic amines) is 1. The average Bonchev–Trinajstić information content (AvgIpc) is 3.52. The molecule has 2 aromatic carbocycles. The number of carbonyl (C=O) groups excluding carboxylic acids is 1. The highest BCUT2D eigenvalue weighted by molar-refractivity contribution is 6.30. The summed E-state index contributed by atoms with van der Waals surface area (Å²) in [5, 5.41) is 4.13. The summed E-state index contributed by atoms with van der Waals surface area (Å²) in [6, 6.07) is 14.1. The molecule has 0 unspecified atom stereocenters. The zero-order chi connectivity index (χ0) is 22.6. The standard InChI is InChI=1S/C26H32ClN3O3/c27-21-4-6-23(7-5-21)30-12-9-20(17-30)26(31)28-22(18-29-10-1-2-11-29)15-19-3-8-24-25(16-19)33-14-13-32-24/h3-8,16,20,22H,1-2,9-15,17-18H2,(H,28,31)/t20-,22+/m1/s1. The van der Waals surface area contributed by atoms with Crippen LogP contribution in [-0.2, 0) is 11.2 Å². The van der Waals surface area contributed by atoms with E-state index < -0.39 is 0 Å². The minimum Gasteiger partial charge on any atom is -0.486 e. The number of fused-ring (bicyclic) bond motifs is 1. The number of benzene rings is 2. The molecular weight excluding hydrogens is 438 g/mol. The lowest BCUT2D eigenvalue weighted by atomic mass is 10.0. The molecule has 3 heterocycles. The van der Waals surface area contributed by atoms with Crippen molar-refractivity contribution in [1.29, 1.82) is 0 Å². The molecule has 3 aliphatic rings. The van der Waals surface area contributed by atoms with Gasteiger partial charge < -0.3 is 24.6 Å². The fraction of sp³-hybridized carbons (Fsp3) is 0.500. The van der Waals surface area contributed by atoms with E-state index in [1.807, 2.05) is 30.3 Å². The van der Waals surface area contributed by atoms with Gasteiger partial charge in [-0.05, 0) is 80.7 Å². The van der Waals surface area contributed by atoms with Crippen LogP contribution in [0.2, 0.25) is 5.02 Å². The highest BCUT2D eigenvalue weighted by Crippen LogP contribution is 2.31. The Kier molecular flexibility index (Phi) is 6.93. The summed E-state index contributed by atoms with van der Waals surface area (Å²) < 4.78 is 11.4. The van der Waals surface area contributed by atoms with Crippen LogP contribution in [-0.4, -0.2) is 62.8 Å². The fourth-order valence-electron chi connectivity index (χ4n) is 5.12. The Morgan fingerprint density at radius 2 is 1.79 bits per heavy atom. The zero-order valence-electron chi connectivity index (χ0n) is 19.0. The molecule has 0 spiro atoms. The minimum atomic E-state index is 0.00187. The van der Waals surface area contributed by atoms with Crippen molar-refractivity contribution in [2.24, 2.45) is 5.92 Å². The molecule has 2 aromatic rings. The zero-order valence-corrected chi connectivity index (χ0v) is 19.7. The SMILES string of the molecule is O=C(N[C@@H](Cc1ccc2c(c1)OCCO2)CN1CCCC1)[C@@H]1CCN(c2ccc(Cl)cc2)C1. The molecule has 33 heavy (non-hydrogen) atoms. The Morgan fingerprint density at radius 3 is 2.58 bits per heavy atom. The number of anilines is 1. The molecule has 2 fully saturated rings. The van der Waals surface area contributed by atoms with Gasteiger partial charge in [0.1, 0.15) is 13.2 Å². The third-order valence-electron chi connectivity index (χ3n) is 6.86. The summed E-state index contributed by atoms with van der Waals surface area (Å²) in [5.41, 5.74) is 2.29. The second-order valence-electron chi connectivity index (χ2n) is 9.30. The number of ether oxygens (including phenoxy) is 2. The van der Waals surface area contributed by atoms with Crippen LogP contribution >= 0.6 is 11.6 Å². The molecule has 176 valence electrons. The maximum atomic E-state index is 13.3. The molecule has 0 aliphatic carbocycles. The Bertz CT molecular complexity index is 962. The summed E-state index contributed by atoms with van der Waals surface area (Å²) in [4.78, 5) is 18.0. The molecule has 1 amide bonds. The van der Waals surface area contributed by atoms with Crippen LogP contribution in [0.5, 0.6) is 11.5 Å². The number of nitrogens with zero attached hydrogens (tertiary/aromatic N) is 2. The Morgan fingerprint density at radius 1 is 1.03 bits per heavy atom. The number of halogens is 1. The first-order valence-electron chi connectivity index (χ1n) is 12.1. The van der Waals surface area contributed by atoms with Gasteiger partial charge in [0.2, 0.25) is 5.91 Å². The van der Waals surface area contributed by atoms with Crippen LogP contribution in [0, 0.1) is 5.92 Å². The van der Waals surface area contributed by atoms with Crippen molar-refractivity contribution in [3.63, 3.8) is 0 Å². The van der Waals surface area contributed by atoms with Crippen LogP contribution in [0.1, 0.15) is 24.8 Å². The monoisotopic (exact) mass is 469 g/mol. The second kappa shape index (κ2) is 10.2. The number of amides is 1. The van der Waals surface area contributed by atoms with Crippen molar-refractivity contribution in [2.45, 2.75) is 31.7 Å². The van der Waals surface area contributed by atoms with E-state index in [-0.39, 0.29) is 17.9 Å². The highest BCUT2D eigenvalue weighted by Gasteiger charge is 2.30. The molecule has 7 heteroatoms. The molecule has 5 rings (SSSR count). The lowest BCUT2D eigenvalue weighted by molar-refractivity contribution is -0.125. The van der Waals surface area contributed by atoms with E-state index >= 15 is 0 Å². The number of carbonyl (C=O) groups is 1. The van der Waals surface area contributed by atoms with Crippen molar-refractivity contribution in [2.75, 3.05) is 50.8 Å². The first-order chi connectivity index (χ1) is 16.1. The highest BCUT2D eigenvalue weighted by atomic mass is 35.5. The largest absolute Gasteiger partial charge is 0.486 e. The molecule has 3 aliphatic heterocycles. The maximum absolute atomic E-state index is 13.3. The summed E-state index contributed by atoms with van der Waals surface area (Å²) >= 11 is 6.03. The molecule has 0 bridgehead atoms. The number of nitrogens with one attached hydrogen (secondary N) is 1. The summed E-state index contributed by atoms with van der Waals surface area (Å²) in [6.45, 7) is 5.91. The van der Waals surface area contributed by atoms with Gasteiger partial charge in [0, 0.05) is 36.4 Å². The predicted octanol–water partition coefficient (Wildman–Crippen LogP) is 3.76. The Labute approximate surface area is 200 Å². The lowest BCUT2D eigenvalue weighted by Crippen LogP contribution is -2.46. The van der Waals surface area contributed by atoms with Gasteiger partial charge in [0.25, 0.3) is 0 Å². The van der Waals surface area contributed by atoms with Crippen LogP contribution in [0.3, 0.4) is 0 Å². The number of rotatable bonds is 7. The fourth-order valence-corrected chi connectivity index (χ4v) is 5.24. The van der Waals surface area contributed by atoms with Crippen molar-refractivity contribution < 1.29 is 14.3 Å². The van der Waals surface area contributed by atoms with E-state index in [0.717, 1.165) is 73.3 Å². The van der Waals surface area contributed by atoms with Crippen molar-refractivity contribution >= 4 is 23.2 Å². The summed E-state index contributed by atoms with van der Waals surface area (Å²) in [6.07, 6.45) is 4.13. The molecular formula is C26H32ClN3O3. The molecule has 2 saturated heterocycles. The van der Waals surface area contributed by atoms with Crippen molar-refractivity contribution in [1.82, 2.24) is 10.2 Å². The van der Waals surface area contributed by atoms with E-state index in [4.69, 9.17) is 21.1 Å². The number of hydrogen-bond donors (Lipinski definition) is 1. The van der Waals surface area contributed by atoms with Gasteiger partial charge in [-0.15, -0.1) is 0 Å². The van der Waals surface area contributed by atoms with Gasteiger partial charge in [-0.3, -0.25) is 4.79 Å². The van der Waals surface area contributed by atoms with Gasteiger partial charge >= 0.3 is 0 Å². The van der Waals surface area contributed by atoms with E-state index in [0.29, 0.717) is 13.2 Å². The molecule has 6 nitrogen and oxygen atoms in total. The molecule has 2 atom stereocenters. The van der Waals surface area contributed by atoms with Crippen LogP contribution in [0.15, 0.2) is 42.5 Å². The van der Waals surface area contributed by atoms with Crippen molar-refractivity contribution in [3.05, 3.63) is 53.1 Å². The first-order valence-corrected chi connectivity index (χ1v) is 12.4. The third-order valence-corrected chi connectivity index (χ3v) is 7.12. The molecule has 0 saturated carbocycles. The van der Waals surface area contributed by atoms with Crippen LogP contribution in [0.25, 0.3) is 0 Å². The normalized spacial score (nSPS) is 21.2. The predicted molar refractivity (Wildman–Crippen MR) is 131 cm³/mol. The Balaban J connectivity index is 1.24. The van der Waals surface area contributed by atoms with Crippen LogP contribution in [0.4, 0.5) is 5.69 Å². The van der Waals surface area contributed by atoms with Gasteiger partial charge in [-0.2, -0.15) is 0 Å². The smallest absolute Gasteiger partial charge is 0.225 e. The van der Waals surface area contributed by atoms with E-state index in [2.05, 4.69) is 27.2 Å². The molecule has 0 radical (unpaired) electrons. The lowest BCUT2D eigenvalue weighted by Gasteiger charge is -2.27. The summed E-state index contributed by atoms with van der Waals surface area (Å²) in [5.74, 6) is 1.77. The first kappa shape index (κ1) is 22.4.